The smallest absolute Gasteiger partial charge is 0.343 e. The highest BCUT2D eigenvalue weighted by atomic mass is 35.5. The summed E-state index contributed by atoms with van der Waals surface area (Å²) in [7, 11) is 5.79. The third-order valence-electron chi connectivity index (χ3n) is 6.86. The zero-order valence-electron chi connectivity index (χ0n) is 24.9. The molecule has 0 fully saturated rings. The summed E-state index contributed by atoms with van der Waals surface area (Å²) in [6.07, 6.45) is 1.41. The van der Waals surface area contributed by atoms with Crippen molar-refractivity contribution in [1.82, 2.24) is 10.4 Å². The molecule has 2 N–H and O–H groups in total. The molecule has 236 valence electrons. The molecule has 0 saturated carbocycles. The highest BCUT2D eigenvalue weighted by Gasteiger charge is 2.23. The van der Waals surface area contributed by atoms with Gasteiger partial charge in [0.05, 0.1) is 45.2 Å². The molecular weight excluding hydrogens is 657 g/mol. The van der Waals surface area contributed by atoms with E-state index in [-0.39, 0.29) is 22.8 Å². The molecule has 0 unspecified atom stereocenters. The molecule has 0 saturated heterocycles. The van der Waals surface area contributed by atoms with Crippen molar-refractivity contribution < 1.29 is 33.3 Å². The molecule has 13 heteroatoms. The maximum Gasteiger partial charge on any atom is 0.343 e. The van der Waals surface area contributed by atoms with Crippen molar-refractivity contribution in [3.05, 3.63) is 98.6 Å². The summed E-state index contributed by atoms with van der Waals surface area (Å²) >= 11 is 19.3. The number of halogens is 3. The second-order valence-corrected chi connectivity index (χ2v) is 10.8. The number of carbonyl (C=O) groups is 2. The van der Waals surface area contributed by atoms with Crippen molar-refractivity contribution in [3.8, 4) is 39.9 Å². The molecule has 0 radical (unpaired) electrons. The lowest BCUT2D eigenvalue weighted by Gasteiger charge is -2.14. The zero-order chi connectivity index (χ0) is 33.0. The first kappa shape index (κ1) is 32.5. The van der Waals surface area contributed by atoms with E-state index in [0.717, 1.165) is 0 Å². The summed E-state index contributed by atoms with van der Waals surface area (Å²) in [5, 5.41) is 5.90. The number of ether oxygens (including phenoxy) is 5. The van der Waals surface area contributed by atoms with Crippen molar-refractivity contribution in [2.24, 2.45) is 5.10 Å². The van der Waals surface area contributed by atoms with E-state index in [2.05, 4.69) is 15.5 Å². The van der Waals surface area contributed by atoms with Gasteiger partial charge in [0.25, 0.3) is 5.91 Å². The van der Waals surface area contributed by atoms with Gasteiger partial charge in [0.15, 0.2) is 23.0 Å². The SMILES string of the molecule is COc1cc(C=NNC(=O)c2[nH]c3cc(Cl)cc(Cl)c3c2-c2ccccc2Cl)ccc1OC(=O)c1cc(OC)c(OC)c(OC)c1. The number of aromatic amines is 1. The summed E-state index contributed by atoms with van der Waals surface area (Å²) in [4.78, 5) is 29.5. The average molecular weight is 683 g/mol. The Morgan fingerprint density at radius 1 is 0.783 bits per heavy atom. The van der Waals surface area contributed by atoms with Crippen LogP contribution in [0.1, 0.15) is 26.4 Å². The lowest BCUT2D eigenvalue weighted by molar-refractivity contribution is 0.0728. The number of fused-ring (bicyclic) bond motifs is 1. The lowest BCUT2D eigenvalue weighted by Crippen LogP contribution is -2.19. The van der Waals surface area contributed by atoms with Gasteiger partial charge in [-0.05, 0) is 54.1 Å². The van der Waals surface area contributed by atoms with Gasteiger partial charge < -0.3 is 28.7 Å². The second kappa shape index (κ2) is 14.0. The summed E-state index contributed by atoms with van der Waals surface area (Å²) < 4.78 is 27.0. The van der Waals surface area contributed by atoms with Crippen LogP contribution in [0.15, 0.2) is 71.8 Å². The molecule has 10 nitrogen and oxygen atoms in total. The number of aromatic nitrogens is 1. The molecule has 0 spiro atoms. The Balaban J connectivity index is 1.37. The van der Waals surface area contributed by atoms with Crippen molar-refractivity contribution in [2.45, 2.75) is 0 Å². The molecular formula is C33H26Cl3N3O7. The standard InChI is InChI=1S/C33H26Cl3N3O7/c1-42-25-11-17(9-10-24(25)46-33(41)18-12-26(43-2)31(45-4)27(13-18)44-3)16-37-39-32(40)30-28(20-7-5-6-8-21(20)35)29-22(36)14-19(34)15-23(29)38-30/h5-16,38H,1-4H3,(H,39,40). The van der Waals surface area contributed by atoms with E-state index in [9.17, 15) is 9.59 Å². The molecule has 4 aromatic carbocycles. The highest BCUT2D eigenvalue weighted by molar-refractivity contribution is 6.41. The van der Waals surface area contributed by atoms with Crippen LogP contribution in [0.2, 0.25) is 15.1 Å². The molecule has 46 heavy (non-hydrogen) atoms. The Morgan fingerprint density at radius 3 is 2.13 bits per heavy atom. The van der Waals surface area contributed by atoms with Crippen LogP contribution in [0, 0.1) is 0 Å². The van der Waals surface area contributed by atoms with E-state index in [0.29, 0.717) is 59.9 Å². The molecule has 5 rings (SSSR count). The Hall–Kier alpha value is -4.90. The summed E-state index contributed by atoms with van der Waals surface area (Å²) in [5.74, 6) is 0.116. The number of esters is 1. The van der Waals surface area contributed by atoms with E-state index >= 15 is 0 Å². The second-order valence-electron chi connectivity index (χ2n) is 9.58. The first-order valence-corrected chi connectivity index (χ1v) is 14.6. The summed E-state index contributed by atoms with van der Waals surface area (Å²) in [5.41, 5.74) is 5.11. The lowest BCUT2D eigenvalue weighted by atomic mass is 10.0. The minimum Gasteiger partial charge on any atom is -0.493 e. The van der Waals surface area contributed by atoms with E-state index in [1.54, 1.807) is 42.5 Å². The monoisotopic (exact) mass is 681 g/mol. The van der Waals surface area contributed by atoms with Crippen LogP contribution in [-0.4, -0.2) is 51.5 Å². The largest absolute Gasteiger partial charge is 0.493 e. The van der Waals surface area contributed by atoms with E-state index in [1.165, 1.54) is 52.9 Å². The predicted molar refractivity (Wildman–Crippen MR) is 178 cm³/mol. The summed E-state index contributed by atoms with van der Waals surface area (Å²) in [6.45, 7) is 0. The van der Waals surface area contributed by atoms with Crippen LogP contribution in [0.5, 0.6) is 28.7 Å². The van der Waals surface area contributed by atoms with E-state index in [4.69, 9.17) is 58.5 Å². The quantitative estimate of drug-likeness (QED) is 0.0667. The molecule has 1 heterocycles. The van der Waals surface area contributed by atoms with Crippen molar-refractivity contribution in [1.29, 1.82) is 0 Å². The fourth-order valence-corrected chi connectivity index (χ4v) is 5.60. The van der Waals surface area contributed by atoms with Crippen LogP contribution in [-0.2, 0) is 0 Å². The van der Waals surface area contributed by atoms with Gasteiger partial charge in [-0.2, -0.15) is 5.10 Å². The van der Waals surface area contributed by atoms with Gasteiger partial charge in [-0.3, -0.25) is 4.79 Å². The first-order chi connectivity index (χ1) is 22.2. The maximum absolute atomic E-state index is 13.4. The Labute approximate surface area is 278 Å². The highest BCUT2D eigenvalue weighted by Crippen LogP contribution is 2.41. The Bertz CT molecular complexity index is 1970. The van der Waals surface area contributed by atoms with Crippen LogP contribution in [0.4, 0.5) is 0 Å². The molecule has 0 aliphatic rings. The topological polar surface area (TPSA) is 120 Å². The summed E-state index contributed by atoms with van der Waals surface area (Å²) in [6, 6.07) is 18.1. The predicted octanol–water partition coefficient (Wildman–Crippen LogP) is 7.81. The minimum atomic E-state index is -0.680. The number of benzene rings is 4. The van der Waals surface area contributed by atoms with Crippen molar-refractivity contribution in [3.63, 3.8) is 0 Å². The third kappa shape index (κ3) is 6.55. The van der Waals surface area contributed by atoms with Gasteiger partial charge in [-0.25, -0.2) is 10.2 Å². The number of H-pyrrole nitrogens is 1. The van der Waals surface area contributed by atoms with Gasteiger partial charge in [0.2, 0.25) is 5.75 Å². The molecule has 0 atom stereocenters. The molecule has 0 bridgehead atoms. The van der Waals surface area contributed by atoms with Crippen molar-refractivity contribution >= 4 is 63.8 Å². The number of rotatable bonds is 10. The van der Waals surface area contributed by atoms with Crippen LogP contribution >= 0.6 is 34.8 Å². The maximum atomic E-state index is 13.4. The van der Waals surface area contributed by atoms with Gasteiger partial charge in [-0.1, -0.05) is 53.0 Å². The van der Waals surface area contributed by atoms with Crippen LogP contribution < -0.4 is 29.1 Å². The minimum absolute atomic E-state index is 0.153. The van der Waals surface area contributed by atoms with Gasteiger partial charge in [0.1, 0.15) is 5.69 Å². The van der Waals surface area contributed by atoms with E-state index < -0.39 is 11.9 Å². The molecule has 0 aliphatic carbocycles. The number of hydrogen-bond acceptors (Lipinski definition) is 8. The average Bonchev–Trinajstić information content (AvgIpc) is 3.44. The van der Waals surface area contributed by atoms with Gasteiger partial charge in [-0.15, -0.1) is 0 Å². The first-order valence-electron chi connectivity index (χ1n) is 13.5. The number of methoxy groups -OCH3 is 4. The molecule has 0 aliphatic heterocycles. The fraction of sp³-hybridized carbons (Fsp3) is 0.121. The number of nitrogens with one attached hydrogen (secondary N) is 2. The van der Waals surface area contributed by atoms with Gasteiger partial charge in [0, 0.05) is 32.1 Å². The molecule has 5 aromatic rings. The number of hydrazone groups is 1. The Kier molecular flexibility index (Phi) is 9.91. The fourth-order valence-electron chi connectivity index (χ4n) is 4.78. The van der Waals surface area contributed by atoms with Gasteiger partial charge >= 0.3 is 5.97 Å². The number of hydrogen-bond donors (Lipinski definition) is 2. The van der Waals surface area contributed by atoms with Crippen molar-refractivity contribution in [2.75, 3.05) is 28.4 Å². The molecule has 1 aromatic heterocycles. The number of carbonyl (C=O) groups excluding carboxylic acids is 2. The van der Waals surface area contributed by atoms with Crippen LogP contribution in [0.3, 0.4) is 0 Å². The third-order valence-corrected chi connectivity index (χ3v) is 7.70. The Morgan fingerprint density at radius 2 is 1.48 bits per heavy atom. The molecule has 1 amide bonds. The number of amides is 1. The zero-order valence-corrected chi connectivity index (χ0v) is 27.1. The van der Waals surface area contributed by atoms with E-state index in [1.807, 2.05) is 6.07 Å². The normalized spacial score (nSPS) is 11.0. The number of nitrogens with zero attached hydrogens (tertiary/aromatic N) is 1. The van der Waals surface area contributed by atoms with Crippen LogP contribution in [0.25, 0.3) is 22.0 Å².